The van der Waals surface area contributed by atoms with E-state index < -0.39 is 0 Å². The Morgan fingerprint density at radius 3 is 2.61 bits per heavy atom. The SMILES string of the molecule is CCOC1CC(CC(N)c2ccc(C)c(C)c2)C1. The van der Waals surface area contributed by atoms with Gasteiger partial charge < -0.3 is 10.5 Å². The molecule has 1 saturated carbocycles. The molecule has 2 nitrogen and oxygen atoms in total. The summed E-state index contributed by atoms with van der Waals surface area (Å²) in [6.07, 6.45) is 3.96. The Morgan fingerprint density at radius 1 is 1.28 bits per heavy atom. The van der Waals surface area contributed by atoms with Crippen molar-refractivity contribution < 1.29 is 4.74 Å². The van der Waals surface area contributed by atoms with E-state index in [1.807, 2.05) is 0 Å². The van der Waals surface area contributed by atoms with Crippen LogP contribution in [-0.2, 0) is 4.74 Å². The highest BCUT2D eigenvalue weighted by Crippen LogP contribution is 2.36. The maximum atomic E-state index is 6.30. The Labute approximate surface area is 111 Å². The number of benzene rings is 1. The van der Waals surface area contributed by atoms with Crippen molar-refractivity contribution in [2.75, 3.05) is 6.61 Å². The van der Waals surface area contributed by atoms with Crippen LogP contribution in [0.3, 0.4) is 0 Å². The largest absolute Gasteiger partial charge is 0.378 e. The van der Waals surface area contributed by atoms with Gasteiger partial charge >= 0.3 is 0 Å². The Morgan fingerprint density at radius 2 is 2.00 bits per heavy atom. The molecule has 1 fully saturated rings. The van der Waals surface area contributed by atoms with Crippen LogP contribution in [0.15, 0.2) is 18.2 Å². The number of rotatable bonds is 5. The second-order valence-corrected chi connectivity index (χ2v) is 5.60. The van der Waals surface area contributed by atoms with Gasteiger partial charge in [0.25, 0.3) is 0 Å². The lowest BCUT2D eigenvalue weighted by Crippen LogP contribution is -2.33. The van der Waals surface area contributed by atoms with Gasteiger partial charge in [0, 0.05) is 12.6 Å². The van der Waals surface area contributed by atoms with Gasteiger partial charge in [-0.2, -0.15) is 0 Å². The molecule has 100 valence electrons. The molecule has 1 aliphatic carbocycles. The highest BCUT2D eigenvalue weighted by Gasteiger charge is 2.30. The van der Waals surface area contributed by atoms with Crippen molar-refractivity contribution in [1.29, 1.82) is 0 Å². The fraction of sp³-hybridized carbons (Fsp3) is 0.625. The van der Waals surface area contributed by atoms with Crippen LogP contribution in [0.2, 0.25) is 0 Å². The number of hydrogen-bond acceptors (Lipinski definition) is 2. The summed E-state index contributed by atoms with van der Waals surface area (Å²) >= 11 is 0. The monoisotopic (exact) mass is 247 g/mol. The Hall–Kier alpha value is -0.860. The molecule has 0 radical (unpaired) electrons. The normalized spacial score (nSPS) is 24.7. The predicted molar refractivity (Wildman–Crippen MR) is 75.6 cm³/mol. The number of hydrogen-bond donors (Lipinski definition) is 1. The number of ether oxygens (including phenoxy) is 1. The van der Waals surface area contributed by atoms with Gasteiger partial charge in [0.1, 0.15) is 0 Å². The van der Waals surface area contributed by atoms with Gasteiger partial charge in [0.05, 0.1) is 6.10 Å². The molecule has 0 aliphatic heterocycles. The Bertz CT molecular complexity index is 396. The summed E-state index contributed by atoms with van der Waals surface area (Å²) in [5, 5.41) is 0. The molecule has 0 amide bonds. The van der Waals surface area contributed by atoms with E-state index in [4.69, 9.17) is 10.5 Å². The van der Waals surface area contributed by atoms with Crippen LogP contribution in [0, 0.1) is 19.8 Å². The van der Waals surface area contributed by atoms with Crippen molar-refractivity contribution in [3.63, 3.8) is 0 Å². The first kappa shape index (κ1) is 13.6. The molecule has 0 bridgehead atoms. The van der Waals surface area contributed by atoms with Gasteiger partial charge in [-0.3, -0.25) is 0 Å². The van der Waals surface area contributed by atoms with E-state index in [9.17, 15) is 0 Å². The third-order valence-electron chi connectivity index (χ3n) is 4.14. The van der Waals surface area contributed by atoms with Crippen LogP contribution < -0.4 is 5.73 Å². The minimum atomic E-state index is 0.178. The van der Waals surface area contributed by atoms with E-state index in [2.05, 4.69) is 39.0 Å². The maximum absolute atomic E-state index is 6.30. The summed E-state index contributed by atoms with van der Waals surface area (Å²) in [5.41, 5.74) is 10.3. The summed E-state index contributed by atoms with van der Waals surface area (Å²) < 4.78 is 5.59. The molecule has 2 heteroatoms. The van der Waals surface area contributed by atoms with E-state index >= 15 is 0 Å². The van der Waals surface area contributed by atoms with Crippen molar-refractivity contribution in [2.24, 2.45) is 11.7 Å². The lowest BCUT2D eigenvalue weighted by atomic mass is 9.77. The standard InChI is InChI=1S/C16H25NO/c1-4-18-15-8-13(9-15)10-16(17)14-6-5-11(2)12(3)7-14/h5-7,13,15-16H,4,8-10,17H2,1-3H3. The molecule has 1 atom stereocenters. The molecule has 0 aromatic heterocycles. The zero-order valence-corrected chi connectivity index (χ0v) is 11.8. The lowest BCUT2D eigenvalue weighted by molar-refractivity contribution is -0.0282. The molecule has 1 aromatic rings. The third kappa shape index (κ3) is 3.12. The van der Waals surface area contributed by atoms with Crippen molar-refractivity contribution in [3.8, 4) is 0 Å². The van der Waals surface area contributed by atoms with Crippen molar-refractivity contribution >= 4 is 0 Å². The molecule has 0 saturated heterocycles. The zero-order chi connectivity index (χ0) is 13.1. The average molecular weight is 247 g/mol. The lowest BCUT2D eigenvalue weighted by Gasteiger charge is -2.36. The first-order chi connectivity index (χ1) is 8.60. The van der Waals surface area contributed by atoms with Gasteiger partial charge in [0.15, 0.2) is 0 Å². The average Bonchev–Trinajstić information content (AvgIpc) is 2.30. The third-order valence-corrected chi connectivity index (χ3v) is 4.14. The second kappa shape index (κ2) is 5.85. The van der Waals surface area contributed by atoms with E-state index in [1.54, 1.807) is 0 Å². The molecular weight excluding hydrogens is 222 g/mol. The van der Waals surface area contributed by atoms with Crippen LogP contribution in [0.4, 0.5) is 0 Å². The first-order valence-electron chi connectivity index (χ1n) is 7.04. The van der Waals surface area contributed by atoms with Crippen LogP contribution >= 0.6 is 0 Å². The van der Waals surface area contributed by atoms with E-state index in [0.29, 0.717) is 6.10 Å². The van der Waals surface area contributed by atoms with Crippen molar-refractivity contribution in [2.45, 2.75) is 52.2 Å². The molecule has 2 rings (SSSR count). The van der Waals surface area contributed by atoms with Crippen molar-refractivity contribution in [1.82, 2.24) is 0 Å². The van der Waals surface area contributed by atoms with Crippen LogP contribution in [0.1, 0.15) is 48.9 Å². The van der Waals surface area contributed by atoms with E-state index in [-0.39, 0.29) is 6.04 Å². The van der Waals surface area contributed by atoms with E-state index in [0.717, 1.165) is 18.9 Å². The Balaban J connectivity index is 1.85. The quantitative estimate of drug-likeness (QED) is 0.864. The Kier molecular flexibility index (Phi) is 4.41. The molecule has 1 aromatic carbocycles. The molecule has 0 heterocycles. The van der Waals surface area contributed by atoms with Crippen LogP contribution in [0.5, 0.6) is 0 Å². The summed E-state index contributed by atoms with van der Waals surface area (Å²) in [5.74, 6) is 0.748. The van der Waals surface area contributed by atoms with Crippen LogP contribution in [-0.4, -0.2) is 12.7 Å². The fourth-order valence-electron chi connectivity index (χ4n) is 2.73. The van der Waals surface area contributed by atoms with Gasteiger partial charge in [-0.15, -0.1) is 0 Å². The molecule has 1 unspecified atom stereocenters. The highest BCUT2D eigenvalue weighted by atomic mass is 16.5. The molecule has 18 heavy (non-hydrogen) atoms. The minimum absolute atomic E-state index is 0.178. The fourth-order valence-corrected chi connectivity index (χ4v) is 2.73. The van der Waals surface area contributed by atoms with Gasteiger partial charge in [-0.25, -0.2) is 0 Å². The molecule has 1 aliphatic rings. The molecular formula is C16H25NO. The van der Waals surface area contributed by atoms with Gasteiger partial charge in [-0.05, 0) is 62.6 Å². The number of aryl methyl sites for hydroxylation is 2. The smallest absolute Gasteiger partial charge is 0.0580 e. The highest BCUT2D eigenvalue weighted by molar-refractivity contribution is 5.31. The zero-order valence-electron chi connectivity index (χ0n) is 11.8. The van der Waals surface area contributed by atoms with Crippen LogP contribution in [0.25, 0.3) is 0 Å². The number of nitrogens with two attached hydrogens (primary N) is 1. The summed E-state index contributed by atoms with van der Waals surface area (Å²) in [4.78, 5) is 0. The van der Waals surface area contributed by atoms with Gasteiger partial charge in [-0.1, -0.05) is 18.2 Å². The second-order valence-electron chi connectivity index (χ2n) is 5.60. The maximum Gasteiger partial charge on any atom is 0.0580 e. The summed E-state index contributed by atoms with van der Waals surface area (Å²) in [6, 6.07) is 6.76. The van der Waals surface area contributed by atoms with Gasteiger partial charge in [0.2, 0.25) is 0 Å². The minimum Gasteiger partial charge on any atom is -0.378 e. The predicted octanol–water partition coefficient (Wildman–Crippen LogP) is 3.51. The molecule has 2 N–H and O–H groups in total. The van der Waals surface area contributed by atoms with E-state index in [1.165, 1.54) is 29.5 Å². The molecule has 0 spiro atoms. The topological polar surface area (TPSA) is 35.2 Å². The first-order valence-corrected chi connectivity index (χ1v) is 7.04. The van der Waals surface area contributed by atoms with Crippen molar-refractivity contribution in [3.05, 3.63) is 34.9 Å². The summed E-state index contributed by atoms with van der Waals surface area (Å²) in [6.45, 7) is 7.19. The summed E-state index contributed by atoms with van der Waals surface area (Å²) in [7, 11) is 0.